The highest BCUT2D eigenvalue weighted by molar-refractivity contribution is 6.21. The summed E-state index contributed by atoms with van der Waals surface area (Å²) >= 11 is 0. The molecule has 0 fully saturated rings. The zero-order valence-electron chi connectivity index (χ0n) is 18.0. The Morgan fingerprint density at radius 2 is 1.97 bits per heavy atom. The maximum absolute atomic E-state index is 13.5. The fourth-order valence-electron chi connectivity index (χ4n) is 5.24. The van der Waals surface area contributed by atoms with E-state index in [0.717, 1.165) is 22.2 Å². The average Bonchev–Trinajstić information content (AvgIpc) is 3.28. The van der Waals surface area contributed by atoms with Crippen LogP contribution in [0, 0.1) is 0 Å². The van der Waals surface area contributed by atoms with Crippen molar-refractivity contribution in [3.8, 4) is 0 Å². The molecule has 0 radical (unpaired) electrons. The van der Waals surface area contributed by atoms with E-state index in [9.17, 15) is 14.4 Å². The number of likely N-dealkylation sites (N-methyl/N-ethyl adjacent to an activating group) is 1. The van der Waals surface area contributed by atoms with Gasteiger partial charge in [0.1, 0.15) is 5.57 Å². The van der Waals surface area contributed by atoms with E-state index >= 15 is 0 Å². The van der Waals surface area contributed by atoms with Gasteiger partial charge in [-0.2, -0.15) is 0 Å². The van der Waals surface area contributed by atoms with Gasteiger partial charge in [-0.25, -0.2) is 4.79 Å². The number of aromatic nitrogens is 1. The van der Waals surface area contributed by atoms with Crippen LogP contribution in [0.4, 0.5) is 0 Å². The molecule has 1 aromatic heterocycles. The van der Waals surface area contributed by atoms with Crippen LogP contribution < -0.4 is 0 Å². The van der Waals surface area contributed by atoms with Crippen LogP contribution in [0.1, 0.15) is 50.9 Å². The van der Waals surface area contributed by atoms with Crippen molar-refractivity contribution < 1.29 is 19.1 Å². The van der Waals surface area contributed by atoms with Crippen LogP contribution in [0.3, 0.4) is 0 Å². The maximum Gasteiger partial charge on any atom is 0.345 e. The second-order valence-corrected chi connectivity index (χ2v) is 8.28. The second kappa shape index (κ2) is 6.90. The van der Waals surface area contributed by atoms with E-state index in [1.54, 1.807) is 9.80 Å². The van der Waals surface area contributed by atoms with Gasteiger partial charge in [0.15, 0.2) is 0 Å². The van der Waals surface area contributed by atoms with Gasteiger partial charge in [-0.3, -0.25) is 14.6 Å². The summed E-state index contributed by atoms with van der Waals surface area (Å²) in [7, 11) is 0. The molecule has 0 spiro atoms. The molecular weight excluding hydrogens is 394 g/mol. The number of para-hydroxylation sites is 1. The highest BCUT2D eigenvalue weighted by Crippen LogP contribution is 2.50. The van der Waals surface area contributed by atoms with Crippen molar-refractivity contribution in [3.05, 3.63) is 52.7 Å². The molecule has 2 amide bonds. The van der Waals surface area contributed by atoms with Crippen molar-refractivity contribution in [2.45, 2.75) is 51.8 Å². The van der Waals surface area contributed by atoms with Crippen LogP contribution in [0.2, 0.25) is 0 Å². The molecule has 160 valence electrons. The molecular formula is C24H25N3O4. The number of pyridine rings is 1. The van der Waals surface area contributed by atoms with Gasteiger partial charge < -0.3 is 14.5 Å². The Kier molecular flexibility index (Phi) is 4.39. The molecule has 0 saturated heterocycles. The van der Waals surface area contributed by atoms with Crippen LogP contribution in [-0.2, 0) is 25.7 Å². The van der Waals surface area contributed by atoms with E-state index in [1.165, 1.54) is 0 Å². The first-order valence-corrected chi connectivity index (χ1v) is 10.9. The number of rotatable bonds is 4. The Hall–Kier alpha value is -3.22. The van der Waals surface area contributed by atoms with Gasteiger partial charge in [0.05, 0.1) is 17.3 Å². The molecule has 31 heavy (non-hydrogen) atoms. The number of hydrogen-bond donors (Lipinski definition) is 0. The number of carbonyl (C=O) groups excluding carboxylic acids is 3. The van der Waals surface area contributed by atoms with Gasteiger partial charge in [-0.15, -0.1) is 0 Å². The van der Waals surface area contributed by atoms with Crippen LogP contribution in [0.5, 0.6) is 0 Å². The lowest BCUT2D eigenvalue weighted by molar-refractivity contribution is -0.163. The van der Waals surface area contributed by atoms with Crippen molar-refractivity contribution in [2.24, 2.45) is 0 Å². The molecule has 3 aliphatic heterocycles. The summed E-state index contributed by atoms with van der Waals surface area (Å²) in [5.74, 6) is -1.29. The van der Waals surface area contributed by atoms with Gasteiger partial charge in [0.25, 0.3) is 11.8 Å². The Morgan fingerprint density at radius 1 is 1.23 bits per heavy atom. The molecule has 7 heteroatoms. The smallest absolute Gasteiger partial charge is 0.345 e. The van der Waals surface area contributed by atoms with E-state index in [1.807, 2.05) is 45.0 Å². The van der Waals surface area contributed by atoms with Gasteiger partial charge >= 0.3 is 5.97 Å². The molecule has 7 nitrogen and oxygen atoms in total. The number of fused-ring (bicyclic) bond motifs is 4. The van der Waals surface area contributed by atoms with Gasteiger partial charge in [-0.05, 0) is 38.0 Å². The minimum Gasteiger partial charge on any atom is -0.441 e. The third-order valence-electron chi connectivity index (χ3n) is 6.90. The highest BCUT2D eigenvalue weighted by atomic mass is 16.6. The zero-order chi connectivity index (χ0) is 21.9. The summed E-state index contributed by atoms with van der Waals surface area (Å²) in [6.07, 6.45) is 0.677. The lowest BCUT2D eigenvalue weighted by Crippen LogP contribution is -2.51. The van der Waals surface area contributed by atoms with Crippen LogP contribution in [-0.4, -0.2) is 51.3 Å². The highest BCUT2D eigenvalue weighted by Gasteiger charge is 2.59. The van der Waals surface area contributed by atoms with Gasteiger partial charge in [0.2, 0.25) is 5.60 Å². The number of hydrogen-bond acceptors (Lipinski definition) is 5. The van der Waals surface area contributed by atoms with E-state index in [4.69, 9.17) is 9.72 Å². The average molecular weight is 419 g/mol. The number of benzene rings is 1. The van der Waals surface area contributed by atoms with Crippen molar-refractivity contribution in [3.63, 3.8) is 0 Å². The van der Waals surface area contributed by atoms with E-state index in [0.29, 0.717) is 38.0 Å². The van der Waals surface area contributed by atoms with E-state index < -0.39 is 11.6 Å². The Morgan fingerprint density at radius 3 is 2.68 bits per heavy atom. The lowest BCUT2D eigenvalue weighted by atomic mass is 9.81. The summed E-state index contributed by atoms with van der Waals surface area (Å²) in [6.45, 7) is 7.05. The second-order valence-electron chi connectivity index (χ2n) is 8.28. The minimum atomic E-state index is -1.40. The molecule has 2 unspecified atom stereocenters. The fourth-order valence-corrected chi connectivity index (χ4v) is 5.24. The summed E-state index contributed by atoms with van der Waals surface area (Å²) in [4.78, 5) is 47.9. The standard InChI is InChI=1S/C24H25N3O4/c1-4-24(23(30)26(5-2)6-3)16-12-18-20-15(11-14-9-7-8-10-17(14)25-20)13-27(18)21(28)19(16)22(29)31-24/h7-11,18H,4-6,12-13H2,1-3H3. The SMILES string of the molecule is CCN(CC)C(=O)C1(CC)OC(=O)C2=C1CC1c3nc4ccccc4cc3CN1C2=O. The first-order chi connectivity index (χ1) is 14.9. The van der Waals surface area contributed by atoms with E-state index in [2.05, 4.69) is 6.07 Å². The van der Waals surface area contributed by atoms with Crippen LogP contribution >= 0.6 is 0 Å². The van der Waals surface area contributed by atoms with E-state index in [-0.39, 0.29) is 23.4 Å². The number of esters is 1. The van der Waals surface area contributed by atoms with Crippen LogP contribution in [0.15, 0.2) is 41.5 Å². The van der Waals surface area contributed by atoms with Gasteiger partial charge in [0, 0.05) is 37.0 Å². The lowest BCUT2D eigenvalue weighted by Gasteiger charge is -2.36. The minimum absolute atomic E-state index is 0.0379. The number of ether oxygens (including phenoxy) is 1. The molecule has 0 bridgehead atoms. The topological polar surface area (TPSA) is 79.8 Å². The van der Waals surface area contributed by atoms with Crippen molar-refractivity contribution in [1.29, 1.82) is 0 Å². The zero-order valence-corrected chi connectivity index (χ0v) is 18.0. The van der Waals surface area contributed by atoms with Gasteiger partial charge in [-0.1, -0.05) is 25.1 Å². The summed E-state index contributed by atoms with van der Waals surface area (Å²) in [5.41, 5.74) is 1.86. The maximum atomic E-state index is 13.5. The monoisotopic (exact) mass is 419 g/mol. The molecule has 4 heterocycles. The Bertz CT molecular complexity index is 1170. The third-order valence-corrected chi connectivity index (χ3v) is 6.90. The number of amides is 2. The molecule has 0 N–H and O–H groups in total. The molecule has 0 aliphatic carbocycles. The predicted molar refractivity (Wildman–Crippen MR) is 114 cm³/mol. The predicted octanol–water partition coefficient (Wildman–Crippen LogP) is 2.89. The molecule has 3 aliphatic rings. The molecule has 1 aromatic carbocycles. The number of cyclic esters (lactones) is 1. The largest absolute Gasteiger partial charge is 0.441 e. The van der Waals surface area contributed by atoms with Crippen molar-refractivity contribution in [2.75, 3.05) is 13.1 Å². The number of nitrogens with zero attached hydrogens (tertiary/aromatic N) is 3. The third kappa shape index (κ3) is 2.58. The fraction of sp³-hybridized carbons (Fsp3) is 0.417. The summed E-state index contributed by atoms with van der Waals surface area (Å²) in [5, 5.41) is 1.02. The quantitative estimate of drug-likeness (QED) is 0.562. The molecule has 2 atom stereocenters. The Balaban J connectivity index is 1.62. The molecule has 0 saturated carbocycles. The Labute approximate surface area is 180 Å². The summed E-state index contributed by atoms with van der Waals surface area (Å²) in [6, 6.07) is 9.63. The number of carbonyl (C=O) groups is 3. The molecule has 2 aromatic rings. The molecule has 5 rings (SSSR count). The first-order valence-electron chi connectivity index (χ1n) is 10.9. The first kappa shape index (κ1) is 19.7. The van der Waals surface area contributed by atoms with Crippen molar-refractivity contribution >= 4 is 28.7 Å². The van der Waals surface area contributed by atoms with Crippen molar-refractivity contribution in [1.82, 2.24) is 14.8 Å². The summed E-state index contributed by atoms with van der Waals surface area (Å²) < 4.78 is 5.71. The normalized spacial score (nSPS) is 24.2. The van der Waals surface area contributed by atoms with Crippen LogP contribution in [0.25, 0.3) is 10.9 Å².